The number of hydrogen-bond acceptors (Lipinski definition) is 2. The van der Waals surface area contributed by atoms with E-state index in [2.05, 4.69) is 26.6 Å². The molecule has 2 aromatic rings. The molecular weight excluding hydrogens is 375 g/mol. The Balaban J connectivity index is 1.86. The number of carbonyl (C=O) groups is 1. The van der Waals surface area contributed by atoms with Crippen LogP contribution >= 0.6 is 39.1 Å². The number of amides is 1. The minimum Gasteiger partial charge on any atom is -0.382 e. The molecular formula is C15H13BrCl2N2O. The molecule has 110 valence electrons. The van der Waals surface area contributed by atoms with Crippen molar-refractivity contribution in [1.82, 2.24) is 0 Å². The van der Waals surface area contributed by atoms with E-state index in [1.165, 1.54) is 0 Å². The lowest BCUT2D eigenvalue weighted by Gasteiger charge is -2.11. The molecule has 0 heterocycles. The number of hydrogen-bond donors (Lipinski definition) is 2. The molecule has 0 unspecified atom stereocenters. The number of para-hydroxylation sites is 2. The van der Waals surface area contributed by atoms with Gasteiger partial charge in [0.05, 0.1) is 21.4 Å². The third-order valence-electron chi connectivity index (χ3n) is 2.76. The van der Waals surface area contributed by atoms with Gasteiger partial charge < -0.3 is 10.6 Å². The second-order valence-corrected chi connectivity index (χ2v) is 5.97. The van der Waals surface area contributed by atoms with Gasteiger partial charge in [-0.05, 0) is 40.2 Å². The first-order valence-electron chi connectivity index (χ1n) is 6.30. The van der Waals surface area contributed by atoms with Crippen LogP contribution in [0.15, 0.2) is 46.9 Å². The predicted octanol–water partition coefficient (Wildman–Crippen LogP) is 5.20. The number of rotatable bonds is 5. The lowest BCUT2D eigenvalue weighted by Crippen LogP contribution is -2.16. The second-order valence-electron chi connectivity index (χ2n) is 4.30. The minimum atomic E-state index is -0.0856. The largest absolute Gasteiger partial charge is 0.382 e. The number of carbonyl (C=O) groups excluding carboxylic acids is 1. The third-order valence-corrected chi connectivity index (χ3v) is 4.09. The number of anilines is 2. The van der Waals surface area contributed by atoms with Crippen LogP contribution in [0.1, 0.15) is 6.42 Å². The van der Waals surface area contributed by atoms with Crippen molar-refractivity contribution in [3.8, 4) is 0 Å². The minimum absolute atomic E-state index is 0.0856. The highest BCUT2D eigenvalue weighted by atomic mass is 79.9. The Morgan fingerprint density at radius 1 is 1.05 bits per heavy atom. The fourth-order valence-electron chi connectivity index (χ4n) is 1.74. The standard InChI is InChI=1S/C15H13BrCl2N2O/c16-10-4-1-2-7-13(10)20-14(21)8-9-19-15-11(17)5-3-6-12(15)18/h1-7,19H,8-9H2,(H,20,21). The Morgan fingerprint density at radius 2 is 1.71 bits per heavy atom. The normalized spacial score (nSPS) is 10.2. The Bertz CT molecular complexity index is 629. The van der Waals surface area contributed by atoms with Crippen molar-refractivity contribution in [2.45, 2.75) is 6.42 Å². The molecule has 1 amide bonds. The van der Waals surface area contributed by atoms with E-state index >= 15 is 0 Å². The van der Waals surface area contributed by atoms with Gasteiger partial charge >= 0.3 is 0 Å². The van der Waals surface area contributed by atoms with Gasteiger partial charge in [-0.2, -0.15) is 0 Å². The van der Waals surface area contributed by atoms with Gasteiger partial charge in [-0.3, -0.25) is 4.79 Å². The van der Waals surface area contributed by atoms with Crippen LogP contribution in [0, 0.1) is 0 Å². The van der Waals surface area contributed by atoms with Gasteiger partial charge in [0.25, 0.3) is 0 Å². The molecule has 6 heteroatoms. The maximum absolute atomic E-state index is 11.9. The molecule has 0 spiro atoms. The van der Waals surface area contributed by atoms with E-state index < -0.39 is 0 Å². The number of halogens is 3. The highest BCUT2D eigenvalue weighted by molar-refractivity contribution is 9.10. The van der Waals surface area contributed by atoms with Crippen LogP contribution in [-0.4, -0.2) is 12.5 Å². The second kappa shape index (κ2) is 7.69. The van der Waals surface area contributed by atoms with E-state index in [-0.39, 0.29) is 5.91 Å². The Hall–Kier alpha value is -1.23. The monoisotopic (exact) mass is 386 g/mol. The van der Waals surface area contributed by atoms with Crippen LogP contribution in [0.25, 0.3) is 0 Å². The highest BCUT2D eigenvalue weighted by Crippen LogP contribution is 2.29. The van der Waals surface area contributed by atoms with Crippen molar-refractivity contribution in [3.63, 3.8) is 0 Å². The summed E-state index contributed by atoms with van der Waals surface area (Å²) in [5.41, 5.74) is 1.40. The average Bonchev–Trinajstić information content (AvgIpc) is 2.45. The first-order valence-corrected chi connectivity index (χ1v) is 7.85. The van der Waals surface area contributed by atoms with Crippen LogP contribution in [-0.2, 0) is 4.79 Å². The van der Waals surface area contributed by atoms with E-state index in [4.69, 9.17) is 23.2 Å². The summed E-state index contributed by atoms with van der Waals surface area (Å²) in [5, 5.41) is 6.98. The molecule has 0 saturated carbocycles. The molecule has 0 aliphatic heterocycles. The summed E-state index contributed by atoms with van der Waals surface area (Å²) in [6.45, 7) is 0.444. The molecule has 0 saturated heterocycles. The number of benzene rings is 2. The van der Waals surface area contributed by atoms with Crippen molar-refractivity contribution in [3.05, 3.63) is 57.0 Å². The zero-order chi connectivity index (χ0) is 15.2. The fourth-order valence-corrected chi connectivity index (χ4v) is 2.66. The van der Waals surface area contributed by atoms with Gasteiger partial charge in [0.2, 0.25) is 5.91 Å². The summed E-state index contributed by atoms with van der Waals surface area (Å²) in [6, 6.07) is 12.7. The van der Waals surface area contributed by atoms with Gasteiger partial charge in [0.15, 0.2) is 0 Å². The smallest absolute Gasteiger partial charge is 0.226 e. The molecule has 0 bridgehead atoms. The summed E-state index contributed by atoms with van der Waals surface area (Å²) < 4.78 is 0.848. The lowest BCUT2D eigenvalue weighted by molar-refractivity contribution is -0.115. The molecule has 2 aromatic carbocycles. The first kappa shape index (κ1) is 16.1. The van der Waals surface area contributed by atoms with E-state index in [1.54, 1.807) is 18.2 Å². The van der Waals surface area contributed by atoms with Crippen molar-refractivity contribution in [2.24, 2.45) is 0 Å². The van der Waals surface area contributed by atoms with Gasteiger partial charge in [0.1, 0.15) is 0 Å². The molecule has 2 rings (SSSR count). The van der Waals surface area contributed by atoms with Crippen LogP contribution in [0.3, 0.4) is 0 Å². The molecule has 2 N–H and O–H groups in total. The summed E-state index contributed by atoms with van der Waals surface area (Å²) in [7, 11) is 0. The zero-order valence-corrected chi connectivity index (χ0v) is 14.1. The Labute approximate surface area is 141 Å². The maximum Gasteiger partial charge on any atom is 0.226 e. The van der Waals surface area contributed by atoms with Crippen LogP contribution < -0.4 is 10.6 Å². The molecule has 3 nitrogen and oxygen atoms in total. The summed E-state index contributed by atoms with van der Waals surface area (Å²) in [5.74, 6) is -0.0856. The Kier molecular flexibility index (Phi) is 5.91. The molecule has 0 aliphatic carbocycles. The van der Waals surface area contributed by atoms with Crippen molar-refractivity contribution < 1.29 is 4.79 Å². The topological polar surface area (TPSA) is 41.1 Å². The summed E-state index contributed by atoms with van der Waals surface area (Å²) in [6.07, 6.45) is 0.308. The summed E-state index contributed by atoms with van der Waals surface area (Å²) in [4.78, 5) is 11.9. The van der Waals surface area contributed by atoms with Gasteiger partial charge in [-0.15, -0.1) is 0 Å². The van der Waals surface area contributed by atoms with Crippen LogP contribution in [0.4, 0.5) is 11.4 Å². The molecule has 0 atom stereocenters. The van der Waals surface area contributed by atoms with Crippen molar-refractivity contribution in [2.75, 3.05) is 17.2 Å². The van der Waals surface area contributed by atoms with Gasteiger partial charge in [-0.25, -0.2) is 0 Å². The average molecular weight is 388 g/mol. The third kappa shape index (κ3) is 4.63. The SMILES string of the molecule is O=C(CCNc1c(Cl)cccc1Cl)Nc1ccccc1Br. The van der Waals surface area contributed by atoms with E-state index in [9.17, 15) is 4.79 Å². The molecule has 21 heavy (non-hydrogen) atoms. The quantitative estimate of drug-likeness (QED) is 0.740. The highest BCUT2D eigenvalue weighted by Gasteiger charge is 2.07. The summed E-state index contributed by atoms with van der Waals surface area (Å²) >= 11 is 15.5. The fraction of sp³-hybridized carbons (Fsp3) is 0.133. The van der Waals surface area contributed by atoms with Crippen molar-refractivity contribution in [1.29, 1.82) is 0 Å². The Morgan fingerprint density at radius 3 is 2.38 bits per heavy atom. The van der Waals surface area contributed by atoms with E-state index in [1.807, 2.05) is 24.3 Å². The zero-order valence-electron chi connectivity index (χ0n) is 11.0. The predicted molar refractivity (Wildman–Crippen MR) is 92.3 cm³/mol. The molecule has 0 aliphatic rings. The van der Waals surface area contributed by atoms with Gasteiger partial charge in [0, 0.05) is 17.4 Å². The van der Waals surface area contributed by atoms with Gasteiger partial charge in [-0.1, -0.05) is 41.4 Å². The van der Waals surface area contributed by atoms with Crippen LogP contribution in [0.2, 0.25) is 10.0 Å². The molecule has 0 fully saturated rings. The number of nitrogens with one attached hydrogen (secondary N) is 2. The lowest BCUT2D eigenvalue weighted by atomic mass is 10.3. The molecule has 0 radical (unpaired) electrons. The molecule has 0 aromatic heterocycles. The van der Waals surface area contributed by atoms with Crippen LogP contribution in [0.5, 0.6) is 0 Å². The maximum atomic E-state index is 11.9. The first-order chi connectivity index (χ1) is 10.1. The van der Waals surface area contributed by atoms with E-state index in [0.717, 1.165) is 10.2 Å². The van der Waals surface area contributed by atoms with Crippen molar-refractivity contribution >= 4 is 56.4 Å². The van der Waals surface area contributed by atoms with E-state index in [0.29, 0.717) is 28.7 Å².